The fourth-order valence-electron chi connectivity index (χ4n) is 2.56. The Morgan fingerprint density at radius 1 is 1.37 bits per heavy atom. The largest absolute Gasteiger partial charge is 0.399 e. The number of nitrogen functional groups attached to an aromatic ring is 1. The number of pyridine rings is 1. The number of fused-ring (bicyclic) bond motifs is 1. The van der Waals surface area contributed by atoms with Crippen molar-refractivity contribution < 1.29 is 0 Å². The molecule has 19 heavy (non-hydrogen) atoms. The molecule has 0 saturated heterocycles. The van der Waals surface area contributed by atoms with Crippen molar-refractivity contribution in [3.63, 3.8) is 0 Å². The molecule has 1 aromatic heterocycles. The number of hydrogen-bond acceptors (Lipinski definition) is 4. The molecule has 1 aliphatic carbocycles. The first-order valence-corrected chi connectivity index (χ1v) is 6.28. The maximum absolute atomic E-state index is 9.08. The molecule has 0 fully saturated rings. The molecular formula is C15H14N4. The van der Waals surface area contributed by atoms with E-state index in [1.165, 1.54) is 11.1 Å². The Kier molecular flexibility index (Phi) is 2.81. The molecule has 1 aliphatic rings. The van der Waals surface area contributed by atoms with Crippen molar-refractivity contribution in [1.82, 2.24) is 4.98 Å². The first-order chi connectivity index (χ1) is 9.28. The zero-order valence-corrected chi connectivity index (χ0v) is 10.4. The van der Waals surface area contributed by atoms with Crippen LogP contribution in [0.3, 0.4) is 0 Å². The molecule has 1 aromatic carbocycles. The number of nitrogens with one attached hydrogen (secondary N) is 1. The van der Waals surface area contributed by atoms with E-state index in [2.05, 4.69) is 22.4 Å². The van der Waals surface area contributed by atoms with Gasteiger partial charge in [-0.15, -0.1) is 0 Å². The first-order valence-electron chi connectivity index (χ1n) is 6.28. The monoisotopic (exact) mass is 250 g/mol. The summed E-state index contributed by atoms with van der Waals surface area (Å²) in [6, 6.07) is 11.9. The van der Waals surface area contributed by atoms with Crippen LogP contribution < -0.4 is 11.1 Å². The number of hydrogen-bond donors (Lipinski definition) is 2. The molecular weight excluding hydrogens is 236 g/mol. The Bertz CT molecular complexity index is 657. The minimum absolute atomic E-state index is 0.206. The van der Waals surface area contributed by atoms with Gasteiger partial charge in [0.05, 0.1) is 11.6 Å². The molecule has 94 valence electrons. The number of rotatable bonds is 2. The molecule has 4 nitrogen and oxygen atoms in total. The van der Waals surface area contributed by atoms with Gasteiger partial charge >= 0.3 is 0 Å². The summed E-state index contributed by atoms with van der Waals surface area (Å²) in [6.45, 7) is 0. The lowest BCUT2D eigenvalue weighted by atomic mass is 10.1. The van der Waals surface area contributed by atoms with Gasteiger partial charge in [0, 0.05) is 11.9 Å². The SMILES string of the molecule is N#Cc1cccnc1NC1CCc2cc(N)ccc21. The molecule has 1 unspecified atom stereocenters. The highest BCUT2D eigenvalue weighted by Gasteiger charge is 2.23. The summed E-state index contributed by atoms with van der Waals surface area (Å²) in [6.07, 6.45) is 3.70. The summed E-state index contributed by atoms with van der Waals surface area (Å²) in [5.74, 6) is 0.652. The van der Waals surface area contributed by atoms with E-state index in [0.717, 1.165) is 18.5 Å². The smallest absolute Gasteiger partial charge is 0.144 e. The van der Waals surface area contributed by atoms with Gasteiger partial charge in [-0.2, -0.15) is 5.26 Å². The summed E-state index contributed by atoms with van der Waals surface area (Å²) >= 11 is 0. The summed E-state index contributed by atoms with van der Waals surface area (Å²) in [7, 11) is 0. The average molecular weight is 250 g/mol. The van der Waals surface area contributed by atoms with E-state index in [9.17, 15) is 0 Å². The molecule has 0 saturated carbocycles. The van der Waals surface area contributed by atoms with Gasteiger partial charge in [0.2, 0.25) is 0 Å². The standard InChI is InChI=1S/C15H14N4/c16-9-11-2-1-7-18-15(11)19-14-6-3-10-8-12(17)4-5-13(10)14/h1-2,4-5,7-8,14H,3,6,17H2,(H,18,19). The van der Waals surface area contributed by atoms with Crippen molar-refractivity contribution in [2.45, 2.75) is 18.9 Å². The topological polar surface area (TPSA) is 74.7 Å². The van der Waals surface area contributed by atoms with Crippen molar-refractivity contribution in [2.24, 2.45) is 0 Å². The first kappa shape index (κ1) is 11.5. The van der Waals surface area contributed by atoms with Gasteiger partial charge in [0.25, 0.3) is 0 Å². The van der Waals surface area contributed by atoms with Crippen LogP contribution in [-0.4, -0.2) is 4.98 Å². The second-order valence-electron chi connectivity index (χ2n) is 4.71. The third-order valence-corrected chi connectivity index (χ3v) is 3.48. The minimum atomic E-state index is 0.206. The lowest BCUT2D eigenvalue weighted by Crippen LogP contribution is -2.09. The average Bonchev–Trinajstić information content (AvgIpc) is 2.82. The quantitative estimate of drug-likeness (QED) is 0.803. The fraction of sp³-hybridized carbons (Fsp3) is 0.200. The van der Waals surface area contributed by atoms with Crippen molar-refractivity contribution in [3.8, 4) is 6.07 Å². The molecule has 3 rings (SSSR count). The summed E-state index contributed by atoms with van der Waals surface area (Å²) < 4.78 is 0. The molecule has 0 bridgehead atoms. The number of nitrogens with zero attached hydrogens (tertiary/aromatic N) is 2. The molecule has 1 atom stereocenters. The number of aryl methyl sites for hydroxylation is 1. The predicted molar refractivity (Wildman–Crippen MR) is 74.5 cm³/mol. The zero-order valence-electron chi connectivity index (χ0n) is 10.4. The summed E-state index contributed by atoms with van der Waals surface area (Å²) in [5.41, 5.74) is 9.71. The molecule has 0 aliphatic heterocycles. The van der Waals surface area contributed by atoms with Crippen molar-refractivity contribution in [3.05, 3.63) is 53.2 Å². The molecule has 1 heterocycles. The van der Waals surface area contributed by atoms with Crippen LogP contribution in [0.25, 0.3) is 0 Å². The van der Waals surface area contributed by atoms with E-state index in [1.807, 2.05) is 12.1 Å². The number of nitriles is 1. The van der Waals surface area contributed by atoms with Crippen LogP contribution in [0.1, 0.15) is 29.2 Å². The fourth-order valence-corrected chi connectivity index (χ4v) is 2.56. The van der Waals surface area contributed by atoms with Gasteiger partial charge in [-0.25, -0.2) is 4.98 Å². The molecule has 0 spiro atoms. The lowest BCUT2D eigenvalue weighted by Gasteiger charge is -2.15. The van der Waals surface area contributed by atoms with E-state index >= 15 is 0 Å². The van der Waals surface area contributed by atoms with Gasteiger partial charge in [-0.05, 0) is 48.2 Å². The van der Waals surface area contributed by atoms with Crippen LogP contribution in [0.4, 0.5) is 11.5 Å². The van der Waals surface area contributed by atoms with Gasteiger partial charge in [0.1, 0.15) is 11.9 Å². The Morgan fingerprint density at radius 2 is 2.26 bits per heavy atom. The Labute approximate surface area is 111 Å². The maximum Gasteiger partial charge on any atom is 0.144 e. The van der Waals surface area contributed by atoms with E-state index in [4.69, 9.17) is 11.0 Å². The molecule has 4 heteroatoms. The highest BCUT2D eigenvalue weighted by atomic mass is 15.0. The van der Waals surface area contributed by atoms with Crippen LogP contribution in [0, 0.1) is 11.3 Å². The van der Waals surface area contributed by atoms with Crippen LogP contribution in [0.5, 0.6) is 0 Å². The molecule has 3 N–H and O–H groups in total. The number of anilines is 2. The van der Waals surface area contributed by atoms with Crippen molar-refractivity contribution in [2.75, 3.05) is 11.1 Å². The highest BCUT2D eigenvalue weighted by Crippen LogP contribution is 2.34. The Hall–Kier alpha value is -2.54. The van der Waals surface area contributed by atoms with Crippen LogP contribution in [0.2, 0.25) is 0 Å². The minimum Gasteiger partial charge on any atom is -0.399 e. The summed E-state index contributed by atoms with van der Waals surface area (Å²) in [4.78, 5) is 4.25. The molecule has 2 aromatic rings. The Balaban J connectivity index is 1.89. The van der Waals surface area contributed by atoms with E-state index in [1.54, 1.807) is 18.3 Å². The predicted octanol–water partition coefficient (Wildman–Crippen LogP) is 2.63. The number of benzene rings is 1. The van der Waals surface area contributed by atoms with E-state index < -0.39 is 0 Å². The van der Waals surface area contributed by atoms with Gasteiger partial charge in [0.15, 0.2) is 0 Å². The molecule has 0 amide bonds. The third-order valence-electron chi connectivity index (χ3n) is 3.48. The van der Waals surface area contributed by atoms with Crippen molar-refractivity contribution >= 4 is 11.5 Å². The molecule has 0 radical (unpaired) electrons. The number of aromatic nitrogens is 1. The Morgan fingerprint density at radius 3 is 3.11 bits per heavy atom. The van der Waals surface area contributed by atoms with Gasteiger partial charge in [-0.1, -0.05) is 6.07 Å². The second-order valence-corrected chi connectivity index (χ2v) is 4.71. The van der Waals surface area contributed by atoms with Crippen LogP contribution in [0.15, 0.2) is 36.5 Å². The van der Waals surface area contributed by atoms with E-state index in [-0.39, 0.29) is 6.04 Å². The highest BCUT2D eigenvalue weighted by molar-refractivity contribution is 5.55. The summed E-state index contributed by atoms with van der Waals surface area (Å²) in [5, 5.41) is 12.4. The van der Waals surface area contributed by atoms with E-state index in [0.29, 0.717) is 11.4 Å². The van der Waals surface area contributed by atoms with Crippen LogP contribution in [-0.2, 0) is 6.42 Å². The van der Waals surface area contributed by atoms with Crippen molar-refractivity contribution in [1.29, 1.82) is 5.26 Å². The van der Waals surface area contributed by atoms with Gasteiger partial charge in [-0.3, -0.25) is 0 Å². The zero-order chi connectivity index (χ0) is 13.2. The normalized spacial score (nSPS) is 16.7. The van der Waals surface area contributed by atoms with Gasteiger partial charge < -0.3 is 11.1 Å². The number of nitrogens with two attached hydrogens (primary N) is 1. The van der Waals surface area contributed by atoms with Crippen LogP contribution >= 0.6 is 0 Å². The second kappa shape index (κ2) is 4.62. The lowest BCUT2D eigenvalue weighted by molar-refractivity contribution is 0.757. The third kappa shape index (κ3) is 2.11. The maximum atomic E-state index is 9.08.